The minimum atomic E-state index is -3.34. The quantitative estimate of drug-likeness (QED) is 0.543. The lowest BCUT2D eigenvalue weighted by Gasteiger charge is -2.39. The molecule has 0 spiro atoms. The summed E-state index contributed by atoms with van der Waals surface area (Å²) in [7, 11) is -3.34. The number of hydrogen-bond acceptors (Lipinski definition) is 9. The highest BCUT2D eigenvalue weighted by Crippen LogP contribution is 2.22. The van der Waals surface area contributed by atoms with E-state index in [9.17, 15) is 18.0 Å². The van der Waals surface area contributed by atoms with Gasteiger partial charge in [-0.05, 0) is 31.9 Å². The lowest BCUT2D eigenvalue weighted by molar-refractivity contribution is -0.133. The monoisotopic (exact) mass is 532 g/mol. The number of benzene rings is 1. The van der Waals surface area contributed by atoms with Crippen molar-refractivity contribution in [3.63, 3.8) is 0 Å². The van der Waals surface area contributed by atoms with Crippen LogP contribution in [0.1, 0.15) is 37.1 Å². The third-order valence-corrected chi connectivity index (χ3v) is 8.39. The number of thiazole rings is 1. The number of carbonyl (C=O) groups excluding carboxylic acids is 2. The number of nitrogens with zero attached hydrogens (tertiary/aromatic N) is 5. The van der Waals surface area contributed by atoms with Crippen LogP contribution in [0.5, 0.6) is 0 Å². The van der Waals surface area contributed by atoms with E-state index in [0.717, 1.165) is 50.2 Å². The van der Waals surface area contributed by atoms with Gasteiger partial charge in [-0.3, -0.25) is 24.8 Å². The number of amides is 2. The fourth-order valence-corrected chi connectivity index (χ4v) is 5.98. The zero-order valence-electron chi connectivity index (χ0n) is 20.8. The maximum Gasteiger partial charge on any atom is 0.278 e. The van der Waals surface area contributed by atoms with Crippen molar-refractivity contribution in [3.8, 4) is 0 Å². The number of aromatic nitrogens is 1. The normalized spacial score (nSPS) is 19.5. The highest BCUT2D eigenvalue weighted by atomic mass is 32.2. The number of carbonyl (C=O) groups is 2. The summed E-state index contributed by atoms with van der Waals surface area (Å²) < 4.78 is 23.7. The first kappa shape index (κ1) is 26.2. The van der Waals surface area contributed by atoms with Gasteiger partial charge in [0, 0.05) is 75.1 Å². The Morgan fingerprint density at radius 3 is 2.44 bits per heavy atom. The van der Waals surface area contributed by atoms with Crippen molar-refractivity contribution in [3.05, 3.63) is 40.9 Å². The first-order chi connectivity index (χ1) is 17.1. The molecule has 1 N–H and O–H groups in total. The average molecular weight is 533 g/mol. The molecular weight excluding hydrogens is 500 g/mol. The number of anilines is 1. The van der Waals surface area contributed by atoms with Crippen LogP contribution in [0, 0.1) is 0 Å². The van der Waals surface area contributed by atoms with E-state index >= 15 is 0 Å². The molecule has 0 saturated carbocycles. The molecule has 3 heterocycles. The first-order valence-corrected chi connectivity index (χ1v) is 14.7. The summed E-state index contributed by atoms with van der Waals surface area (Å²) >= 11 is 1.41. The minimum absolute atomic E-state index is 0.0993. The van der Waals surface area contributed by atoms with Crippen molar-refractivity contribution < 1.29 is 18.0 Å². The topological polar surface area (TPSA) is 115 Å². The molecule has 194 valence electrons. The van der Waals surface area contributed by atoms with Crippen LogP contribution in [0.15, 0.2) is 40.5 Å². The van der Waals surface area contributed by atoms with E-state index in [1.165, 1.54) is 23.5 Å². The van der Waals surface area contributed by atoms with Crippen molar-refractivity contribution >= 4 is 43.8 Å². The van der Waals surface area contributed by atoms with Crippen LogP contribution in [0.4, 0.5) is 5.13 Å². The Balaban J connectivity index is 1.45. The lowest BCUT2D eigenvalue weighted by Crippen LogP contribution is -2.52. The smallest absolute Gasteiger partial charge is 0.278 e. The zero-order chi connectivity index (χ0) is 25.9. The minimum Gasteiger partial charge on any atom is -0.338 e. The Morgan fingerprint density at radius 2 is 1.83 bits per heavy atom. The van der Waals surface area contributed by atoms with E-state index in [-0.39, 0.29) is 22.6 Å². The van der Waals surface area contributed by atoms with Crippen LogP contribution in [0.3, 0.4) is 0 Å². The first-order valence-electron chi connectivity index (χ1n) is 12.0. The van der Waals surface area contributed by atoms with Crippen molar-refractivity contribution in [2.75, 3.05) is 44.3 Å². The van der Waals surface area contributed by atoms with E-state index in [2.05, 4.69) is 27.2 Å². The Hall–Kier alpha value is -2.83. The molecule has 1 aromatic heterocycles. The Kier molecular flexibility index (Phi) is 8.06. The van der Waals surface area contributed by atoms with Gasteiger partial charge in [0.1, 0.15) is 0 Å². The predicted molar refractivity (Wildman–Crippen MR) is 140 cm³/mol. The number of rotatable bonds is 7. The number of hydrazone groups is 1. The fraction of sp³-hybridized carbons (Fsp3) is 0.500. The van der Waals surface area contributed by atoms with Crippen LogP contribution in [0.2, 0.25) is 0 Å². The SMILES string of the molecule is CC(=O)N1CCN(Cc2cnc(NC(=O)/C(=N/N3CCCC3)c3ccc(S(C)(=O)=O)cc3)s2)C[C@@H]1C. The summed E-state index contributed by atoms with van der Waals surface area (Å²) in [4.78, 5) is 34.7. The van der Waals surface area contributed by atoms with E-state index in [1.807, 2.05) is 9.91 Å². The van der Waals surface area contributed by atoms with Crippen molar-refractivity contribution in [1.82, 2.24) is 19.8 Å². The Labute approximate surface area is 215 Å². The number of piperazine rings is 1. The van der Waals surface area contributed by atoms with Crippen molar-refractivity contribution in [1.29, 1.82) is 0 Å². The van der Waals surface area contributed by atoms with E-state index in [0.29, 0.717) is 23.8 Å². The van der Waals surface area contributed by atoms with E-state index in [4.69, 9.17) is 0 Å². The van der Waals surface area contributed by atoms with Crippen molar-refractivity contribution in [2.24, 2.45) is 5.10 Å². The second-order valence-corrected chi connectivity index (χ2v) is 12.4. The van der Waals surface area contributed by atoms with E-state index < -0.39 is 15.7 Å². The fourth-order valence-electron chi connectivity index (χ4n) is 4.50. The van der Waals surface area contributed by atoms with Gasteiger partial charge < -0.3 is 4.90 Å². The Bertz CT molecular complexity index is 1240. The number of sulfone groups is 1. The zero-order valence-corrected chi connectivity index (χ0v) is 22.4. The van der Waals surface area contributed by atoms with Crippen LogP contribution >= 0.6 is 11.3 Å². The molecule has 2 fully saturated rings. The summed E-state index contributed by atoms with van der Waals surface area (Å²) in [5.74, 6) is -0.291. The maximum absolute atomic E-state index is 13.3. The van der Waals surface area contributed by atoms with Gasteiger partial charge in [-0.1, -0.05) is 12.1 Å². The average Bonchev–Trinajstić information content (AvgIpc) is 3.49. The maximum atomic E-state index is 13.3. The van der Waals surface area contributed by atoms with Crippen molar-refractivity contribution in [2.45, 2.75) is 44.2 Å². The molecule has 0 radical (unpaired) electrons. The molecule has 0 bridgehead atoms. The Morgan fingerprint density at radius 1 is 1.14 bits per heavy atom. The molecule has 36 heavy (non-hydrogen) atoms. The second-order valence-electron chi connectivity index (χ2n) is 9.29. The van der Waals surface area contributed by atoms with Crippen LogP contribution in [-0.4, -0.2) is 90.8 Å². The molecule has 1 atom stereocenters. The molecule has 10 nitrogen and oxygen atoms in total. The highest BCUT2D eigenvalue weighted by Gasteiger charge is 2.26. The number of hydrogen-bond donors (Lipinski definition) is 1. The van der Waals surface area contributed by atoms with Gasteiger partial charge in [0.2, 0.25) is 5.91 Å². The molecule has 2 saturated heterocycles. The molecular formula is C24H32N6O4S2. The summed E-state index contributed by atoms with van der Waals surface area (Å²) in [6.07, 6.45) is 4.94. The predicted octanol–water partition coefficient (Wildman–Crippen LogP) is 2.04. The summed E-state index contributed by atoms with van der Waals surface area (Å²) in [5.41, 5.74) is 0.767. The van der Waals surface area contributed by atoms with Crippen LogP contribution in [0.25, 0.3) is 0 Å². The molecule has 0 unspecified atom stereocenters. The molecule has 12 heteroatoms. The van der Waals surface area contributed by atoms with Gasteiger partial charge in [-0.2, -0.15) is 5.10 Å². The molecule has 2 amide bonds. The molecule has 0 aliphatic carbocycles. The van der Waals surface area contributed by atoms with Gasteiger partial charge in [-0.25, -0.2) is 13.4 Å². The second kappa shape index (κ2) is 11.1. The summed E-state index contributed by atoms with van der Waals surface area (Å²) in [6.45, 7) is 8.18. The van der Waals surface area contributed by atoms with Gasteiger partial charge in [0.15, 0.2) is 20.7 Å². The molecule has 4 rings (SSSR count). The molecule has 2 aliphatic rings. The number of nitrogens with one attached hydrogen (secondary N) is 1. The molecule has 2 aliphatic heterocycles. The lowest BCUT2D eigenvalue weighted by atomic mass is 10.1. The third kappa shape index (κ3) is 6.48. The van der Waals surface area contributed by atoms with E-state index in [1.54, 1.807) is 25.3 Å². The van der Waals surface area contributed by atoms with Gasteiger partial charge in [0.25, 0.3) is 5.91 Å². The highest BCUT2D eigenvalue weighted by molar-refractivity contribution is 7.90. The largest absolute Gasteiger partial charge is 0.338 e. The van der Waals surface area contributed by atoms with Gasteiger partial charge in [-0.15, -0.1) is 11.3 Å². The standard InChI is InChI=1S/C24H32N6O4S2/c1-17-15-28(12-13-30(17)18(2)31)16-20-14-25-24(35-20)26-23(32)22(27-29-10-4-5-11-29)19-6-8-21(9-7-19)36(3,33)34/h6-9,14,17H,4-5,10-13,15-16H2,1-3H3,(H,25,26,32)/b27-22+/t17-/m0/s1. The molecule has 2 aromatic rings. The summed E-state index contributed by atoms with van der Waals surface area (Å²) in [6, 6.07) is 6.36. The summed E-state index contributed by atoms with van der Waals surface area (Å²) in [5, 5.41) is 9.81. The van der Waals surface area contributed by atoms with Gasteiger partial charge >= 0.3 is 0 Å². The molecule has 1 aromatic carbocycles. The van der Waals surface area contributed by atoms with Gasteiger partial charge in [0.05, 0.1) is 4.90 Å². The van der Waals surface area contributed by atoms with Crippen LogP contribution in [-0.2, 0) is 26.0 Å². The van der Waals surface area contributed by atoms with Crippen LogP contribution < -0.4 is 5.32 Å². The third-order valence-electron chi connectivity index (χ3n) is 6.36.